The number of amides is 1. The molecule has 4 nitrogen and oxygen atoms in total. The Balaban J connectivity index is 1.69. The third-order valence-corrected chi connectivity index (χ3v) is 5.41. The molecule has 156 valence electrons. The number of benzene rings is 3. The zero-order valence-corrected chi connectivity index (χ0v) is 19.2. The molecule has 8 heteroatoms. The van der Waals surface area contributed by atoms with Crippen LogP contribution in [0.3, 0.4) is 0 Å². The normalized spacial score (nSPS) is 12.3. The van der Waals surface area contributed by atoms with Crippen LogP contribution >= 0.6 is 47.0 Å². The maximum absolute atomic E-state index is 12.7. The first-order valence-electron chi connectivity index (χ1n) is 9.20. The van der Waals surface area contributed by atoms with Crippen LogP contribution in [0.2, 0.25) is 0 Å². The summed E-state index contributed by atoms with van der Waals surface area (Å²) in [5.74, 6) is -0.297. The fourth-order valence-corrected chi connectivity index (χ4v) is 3.59. The van der Waals surface area contributed by atoms with Crippen molar-refractivity contribution < 1.29 is 4.79 Å². The molecule has 0 bridgehead atoms. The molecule has 0 fully saturated rings. The van der Waals surface area contributed by atoms with Crippen LogP contribution in [0.15, 0.2) is 66.7 Å². The van der Waals surface area contributed by atoms with Crippen LogP contribution in [-0.2, 0) is 11.2 Å². The summed E-state index contributed by atoms with van der Waals surface area (Å²) in [6.45, 7) is 1.95. The van der Waals surface area contributed by atoms with Crippen LogP contribution in [0.5, 0.6) is 0 Å². The summed E-state index contributed by atoms with van der Waals surface area (Å²) < 4.78 is -1.81. The second kappa shape index (κ2) is 9.84. The molecule has 0 aliphatic carbocycles. The van der Waals surface area contributed by atoms with Crippen molar-refractivity contribution >= 4 is 74.5 Å². The largest absolute Gasteiger partial charge is 0.339 e. The maximum atomic E-state index is 12.7. The van der Waals surface area contributed by atoms with Gasteiger partial charge in [-0.15, -0.1) is 0 Å². The number of carbonyl (C=O) groups is 1. The summed E-state index contributed by atoms with van der Waals surface area (Å²) in [7, 11) is 0. The molecule has 0 heterocycles. The second-order valence-corrected chi connectivity index (χ2v) is 9.55. The zero-order chi connectivity index (χ0) is 21.7. The Morgan fingerprint density at radius 2 is 1.63 bits per heavy atom. The van der Waals surface area contributed by atoms with Gasteiger partial charge in [0, 0.05) is 5.69 Å². The number of carbonyl (C=O) groups excluding carboxylic acids is 1. The Hall–Kier alpha value is -2.05. The van der Waals surface area contributed by atoms with E-state index in [9.17, 15) is 4.79 Å². The molecule has 0 aromatic heterocycles. The molecule has 0 saturated heterocycles. The standard InChI is InChI=1S/C22H20Cl3N3OS/c1-14-7-2-5-12-18(14)26-21(30)28-20(22(23,24)25)27-19(29)13-16-10-6-9-15-8-3-4-11-17(15)16/h2-12,20H,13H2,1H3,(H,27,29)(H2,26,28,30)/t20-/m0/s1. The van der Waals surface area contributed by atoms with E-state index in [1.165, 1.54) is 0 Å². The van der Waals surface area contributed by atoms with E-state index >= 15 is 0 Å². The Morgan fingerprint density at radius 3 is 2.37 bits per heavy atom. The third-order valence-electron chi connectivity index (χ3n) is 4.53. The number of aryl methyl sites for hydroxylation is 1. The van der Waals surface area contributed by atoms with Crippen molar-refractivity contribution in [2.24, 2.45) is 0 Å². The van der Waals surface area contributed by atoms with Crippen molar-refractivity contribution in [2.75, 3.05) is 5.32 Å². The first-order valence-corrected chi connectivity index (χ1v) is 10.7. The van der Waals surface area contributed by atoms with Crippen molar-refractivity contribution in [2.45, 2.75) is 23.3 Å². The van der Waals surface area contributed by atoms with E-state index < -0.39 is 9.96 Å². The average molecular weight is 481 g/mol. The van der Waals surface area contributed by atoms with E-state index in [0.717, 1.165) is 27.6 Å². The highest BCUT2D eigenvalue weighted by molar-refractivity contribution is 7.80. The summed E-state index contributed by atoms with van der Waals surface area (Å²) >= 11 is 23.6. The van der Waals surface area contributed by atoms with Gasteiger partial charge in [-0.3, -0.25) is 4.79 Å². The highest BCUT2D eigenvalue weighted by Gasteiger charge is 2.34. The quantitative estimate of drug-likeness (QED) is 0.257. The lowest BCUT2D eigenvalue weighted by atomic mass is 10.0. The Bertz CT molecular complexity index is 1060. The molecule has 0 aliphatic rings. The number of anilines is 1. The lowest BCUT2D eigenvalue weighted by Crippen LogP contribution is -2.56. The SMILES string of the molecule is Cc1ccccc1NC(=S)N[C@H](NC(=O)Cc1cccc2ccccc12)C(Cl)(Cl)Cl. The molecule has 1 atom stereocenters. The first kappa shape index (κ1) is 22.6. The monoisotopic (exact) mass is 479 g/mol. The van der Waals surface area contributed by atoms with Crippen LogP contribution < -0.4 is 16.0 Å². The number of hydrogen-bond acceptors (Lipinski definition) is 2. The molecule has 3 aromatic rings. The van der Waals surface area contributed by atoms with Crippen LogP contribution in [0.1, 0.15) is 11.1 Å². The van der Waals surface area contributed by atoms with Gasteiger partial charge in [-0.1, -0.05) is 95.5 Å². The number of thiocarbonyl (C=S) groups is 1. The number of fused-ring (bicyclic) bond motifs is 1. The van der Waals surface area contributed by atoms with Gasteiger partial charge < -0.3 is 16.0 Å². The van der Waals surface area contributed by atoms with Crippen molar-refractivity contribution in [3.8, 4) is 0 Å². The van der Waals surface area contributed by atoms with Crippen molar-refractivity contribution in [3.63, 3.8) is 0 Å². The number of alkyl halides is 3. The van der Waals surface area contributed by atoms with Crippen LogP contribution in [0.4, 0.5) is 5.69 Å². The van der Waals surface area contributed by atoms with Crippen LogP contribution in [-0.4, -0.2) is 21.0 Å². The first-order chi connectivity index (χ1) is 14.2. The molecule has 0 spiro atoms. The summed E-state index contributed by atoms with van der Waals surface area (Å²) in [6, 6.07) is 21.3. The van der Waals surface area contributed by atoms with Gasteiger partial charge >= 0.3 is 0 Å². The fraction of sp³-hybridized carbons (Fsp3) is 0.182. The summed E-state index contributed by atoms with van der Waals surface area (Å²) in [5.41, 5.74) is 2.71. The lowest BCUT2D eigenvalue weighted by molar-refractivity contribution is -0.121. The molecule has 0 unspecified atom stereocenters. The Labute approximate surface area is 195 Å². The third kappa shape index (κ3) is 5.99. The van der Waals surface area contributed by atoms with Crippen LogP contribution in [0.25, 0.3) is 10.8 Å². The molecule has 1 amide bonds. The fourth-order valence-electron chi connectivity index (χ4n) is 3.03. The summed E-state index contributed by atoms with van der Waals surface area (Å²) in [6.07, 6.45) is -0.882. The minimum Gasteiger partial charge on any atom is -0.339 e. The molecule has 3 N–H and O–H groups in total. The van der Waals surface area contributed by atoms with E-state index in [4.69, 9.17) is 47.0 Å². The molecular formula is C22H20Cl3N3OS. The van der Waals surface area contributed by atoms with E-state index in [2.05, 4.69) is 16.0 Å². The molecular weight excluding hydrogens is 461 g/mol. The van der Waals surface area contributed by atoms with E-state index in [1.807, 2.05) is 73.7 Å². The number of para-hydroxylation sites is 1. The number of hydrogen-bond donors (Lipinski definition) is 3. The van der Waals surface area contributed by atoms with Gasteiger partial charge in [-0.2, -0.15) is 0 Å². The average Bonchev–Trinajstić information content (AvgIpc) is 2.69. The highest BCUT2D eigenvalue weighted by atomic mass is 35.6. The van der Waals surface area contributed by atoms with Gasteiger partial charge in [-0.05, 0) is 47.1 Å². The van der Waals surface area contributed by atoms with Gasteiger partial charge in [0.05, 0.1) is 6.42 Å². The van der Waals surface area contributed by atoms with Crippen LogP contribution in [0, 0.1) is 6.92 Å². The summed E-state index contributed by atoms with van der Waals surface area (Å²) in [4.78, 5) is 12.7. The van der Waals surface area contributed by atoms with Gasteiger partial charge in [0.2, 0.25) is 9.70 Å². The smallest absolute Gasteiger partial charge is 0.228 e. The molecule has 30 heavy (non-hydrogen) atoms. The van der Waals surface area contributed by atoms with Crippen molar-refractivity contribution in [1.82, 2.24) is 10.6 Å². The molecule has 3 aromatic carbocycles. The van der Waals surface area contributed by atoms with Gasteiger partial charge in [0.15, 0.2) is 5.11 Å². The minimum atomic E-state index is -1.81. The number of halogens is 3. The van der Waals surface area contributed by atoms with E-state index in [0.29, 0.717) is 0 Å². The lowest BCUT2D eigenvalue weighted by Gasteiger charge is -2.28. The Morgan fingerprint density at radius 1 is 0.967 bits per heavy atom. The highest BCUT2D eigenvalue weighted by Crippen LogP contribution is 2.29. The van der Waals surface area contributed by atoms with E-state index in [1.54, 1.807) is 0 Å². The van der Waals surface area contributed by atoms with Gasteiger partial charge in [0.25, 0.3) is 0 Å². The summed E-state index contributed by atoms with van der Waals surface area (Å²) in [5, 5.41) is 11.0. The molecule has 0 saturated carbocycles. The molecule has 3 rings (SSSR count). The predicted molar refractivity (Wildman–Crippen MR) is 130 cm³/mol. The maximum Gasteiger partial charge on any atom is 0.228 e. The van der Waals surface area contributed by atoms with E-state index in [-0.39, 0.29) is 17.4 Å². The molecule has 0 aliphatic heterocycles. The minimum absolute atomic E-state index is 0.137. The molecule has 0 radical (unpaired) electrons. The second-order valence-electron chi connectivity index (χ2n) is 6.77. The zero-order valence-electron chi connectivity index (χ0n) is 16.1. The van der Waals surface area contributed by atoms with Gasteiger partial charge in [0.1, 0.15) is 6.17 Å². The van der Waals surface area contributed by atoms with Crippen molar-refractivity contribution in [1.29, 1.82) is 0 Å². The topological polar surface area (TPSA) is 53.2 Å². The van der Waals surface area contributed by atoms with Gasteiger partial charge in [-0.25, -0.2) is 0 Å². The predicted octanol–water partition coefficient (Wildman–Crippen LogP) is 5.49. The number of rotatable bonds is 5. The van der Waals surface area contributed by atoms with Crippen molar-refractivity contribution in [3.05, 3.63) is 77.9 Å². The Kier molecular flexibility index (Phi) is 7.42. The number of nitrogens with one attached hydrogen (secondary N) is 3.